The largest absolute Gasteiger partial charge is 0.339 e. The van der Waals surface area contributed by atoms with Crippen molar-refractivity contribution in [3.05, 3.63) is 61.2 Å². The maximum atomic E-state index is 14.8. The Morgan fingerprint density at radius 3 is 2.11 bits per heavy atom. The fraction of sp³-hybridized carbons (Fsp3) is 0.537. The lowest BCUT2D eigenvalue weighted by molar-refractivity contribution is -0.149. The zero-order valence-corrected chi connectivity index (χ0v) is 32.4. The Hall–Kier alpha value is -4.72. The molecule has 292 valence electrons. The van der Waals surface area contributed by atoms with Crippen molar-refractivity contribution in [1.29, 1.82) is 0 Å². The smallest absolute Gasteiger partial charge is 0.326 e. The van der Waals surface area contributed by atoms with Crippen molar-refractivity contribution < 1.29 is 32.4 Å². The van der Waals surface area contributed by atoms with Crippen molar-refractivity contribution in [1.82, 2.24) is 29.7 Å². The van der Waals surface area contributed by atoms with Gasteiger partial charge in [0.1, 0.15) is 11.6 Å². The molecule has 3 aliphatic carbocycles. The van der Waals surface area contributed by atoms with Crippen LogP contribution in [-0.4, -0.2) is 94.4 Å². The van der Waals surface area contributed by atoms with Gasteiger partial charge < -0.3 is 20.4 Å². The number of carbonyl (C=O) groups is 5. The van der Waals surface area contributed by atoms with Crippen LogP contribution in [0, 0.1) is 23.2 Å². The van der Waals surface area contributed by atoms with E-state index in [0.717, 1.165) is 30.0 Å². The van der Waals surface area contributed by atoms with Crippen LogP contribution in [0.5, 0.6) is 0 Å². The summed E-state index contributed by atoms with van der Waals surface area (Å²) in [5.74, 6) is -2.72. The first-order chi connectivity index (χ1) is 26.1. The minimum atomic E-state index is -3.90. The summed E-state index contributed by atoms with van der Waals surface area (Å²) in [5.41, 5.74) is -0.781. The van der Waals surface area contributed by atoms with E-state index in [-0.39, 0.29) is 43.7 Å². The number of hydrogen-bond acceptors (Lipinski definition) is 7. The molecule has 7 atom stereocenters. The minimum absolute atomic E-state index is 0.00484. The van der Waals surface area contributed by atoms with Gasteiger partial charge in [0.05, 0.1) is 28.2 Å². The number of carbonyl (C=O) groups excluding carboxylic acids is 5. The van der Waals surface area contributed by atoms with E-state index in [1.807, 2.05) is 74.2 Å². The zero-order chi connectivity index (χ0) is 39.0. The molecular formula is C41H50N6O7S. The Bertz CT molecular complexity index is 2170. The third kappa shape index (κ3) is 6.69. The molecule has 2 aliphatic heterocycles. The predicted molar refractivity (Wildman–Crippen MR) is 207 cm³/mol. The van der Waals surface area contributed by atoms with E-state index in [1.54, 1.807) is 4.57 Å². The first-order valence-corrected chi connectivity index (χ1v) is 21.1. The number of rotatable bonds is 10. The highest BCUT2D eigenvalue weighted by molar-refractivity contribution is 7.91. The number of hydrogen-bond donors (Lipinski definition) is 3. The van der Waals surface area contributed by atoms with E-state index in [2.05, 4.69) is 21.9 Å². The highest BCUT2D eigenvalue weighted by Gasteiger charge is 2.62. The monoisotopic (exact) mass is 770 g/mol. The van der Waals surface area contributed by atoms with Crippen LogP contribution < -0.4 is 15.4 Å². The van der Waals surface area contributed by atoms with E-state index >= 15 is 0 Å². The molecule has 14 heteroatoms. The fourth-order valence-corrected chi connectivity index (χ4v) is 10.7. The zero-order valence-electron chi connectivity index (χ0n) is 31.6. The predicted octanol–water partition coefficient (Wildman–Crippen LogP) is 4.05. The lowest BCUT2D eigenvalue weighted by atomic mass is 9.77. The molecular weight excluding hydrogens is 721 g/mol. The summed E-state index contributed by atoms with van der Waals surface area (Å²) in [7, 11) is -3.90. The molecule has 5 amide bonds. The number of benzene rings is 2. The number of fused-ring (bicyclic) bond motifs is 5. The van der Waals surface area contributed by atoms with Gasteiger partial charge >= 0.3 is 6.03 Å². The first-order valence-electron chi connectivity index (χ1n) is 19.5. The number of para-hydroxylation sites is 2. The summed E-state index contributed by atoms with van der Waals surface area (Å²) >= 11 is 0. The second-order valence-corrected chi connectivity index (χ2v) is 19.4. The maximum absolute atomic E-state index is 14.8. The molecule has 1 aromatic heterocycles. The van der Waals surface area contributed by atoms with E-state index in [9.17, 15) is 32.4 Å². The molecule has 3 N–H and O–H groups in total. The Kier molecular flexibility index (Phi) is 9.13. The van der Waals surface area contributed by atoms with Crippen LogP contribution in [0.2, 0.25) is 0 Å². The normalized spacial score (nSPS) is 27.9. The van der Waals surface area contributed by atoms with Crippen molar-refractivity contribution in [3.8, 4) is 0 Å². The summed E-state index contributed by atoms with van der Waals surface area (Å²) < 4.78 is 29.3. The molecule has 8 rings (SSSR count). The third-order valence-electron chi connectivity index (χ3n) is 12.7. The Morgan fingerprint density at radius 2 is 1.56 bits per heavy atom. The minimum Gasteiger partial charge on any atom is -0.339 e. The number of piperidine rings is 1. The number of nitrogens with zero attached hydrogens (tertiary/aromatic N) is 3. The van der Waals surface area contributed by atoms with Gasteiger partial charge in [-0.15, -0.1) is 6.58 Å². The molecule has 5 aliphatic rings. The molecule has 2 saturated heterocycles. The summed E-state index contributed by atoms with van der Waals surface area (Å²) in [6, 6.07) is 13.2. The molecule has 13 nitrogen and oxygen atoms in total. The lowest BCUT2D eigenvalue weighted by Gasteiger charge is -2.36. The Morgan fingerprint density at radius 1 is 0.909 bits per heavy atom. The maximum Gasteiger partial charge on any atom is 0.326 e. The van der Waals surface area contributed by atoms with E-state index in [4.69, 9.17) is 0 Å². The average molecular weight is 771 g/mol. The number of nitrogens with one attached hydrogen (secondary N) is 3. The van der Waals surface area contributed by atoms with Gasteiger partial charge in [0.2, 0.25) is 27.7 Å². The second kappa shape index (κ2) is 13.5. The van der Waals surface area contributed by atoms with Crippen molar-refractivity contribution in [2.75, 3.05) is 13.1 Å². The van der Waals surface area contributed by atoms with Crippen LogP contribution in [0.1, 0.15) is 72.1 Å². The quantitative estimate of drug-likeness (QED) is 0.262. The molecule has 5 fully saturated rings. The van der Waals surface area contributed by atoms with Crippen LogP contribution >= 0.6 is 0 Å². The molecule has 3 aromatic rings. The van der Waals surface area contributed by atoms with Gasteiger partial charge in [0.15, 0.2) is 0 Å². The molecule has 0 spiro atoms. The number of aromatic nitrogens is 1. The van der Waals surface area contributed by atoms with E-state index in [1.165, 1.54) is 11.0 Å². The van der Waals surface area contributed by atoms with Crippen molar-refractivity contribution >= 4 is 61.5 Å². The van der Waals surface area contributed by atoms with Crippen LogP contribution in [-0.2, 0) is 29.2 Å². The van der Waals surface area contributed by atoms with Crippen molar-refractivity contribution in [3.63, 3.8) is 0 Å². The van der Waals surface area contributed by atoms with Gasteiger partial charge in [-0.2, -0.15) is 0 Å². The van der Waals surface area contributed by atoms with Crippen LogP contribution in [0.15, 0.2) is 61.2 Å². The van der Waals surface area contributed by atoms with Crippen LogP contribution in [0.3, 0.4) is 0 Å². The Balaban J connectivity index is 1.08. The fourth-order valence-electron chi connectivity index (χ4n) is 9.32. The van der Waals surface area contributed by atoms with Gasteiger partial charge in [-0.3, -0.25) is 28.5 Å². The average Bonchev–Trinajstić information content (AvgIpc) is 3.92. The van der Waals surface area contributed by atoms with Gasteiger partial charge in [0, 0.05) is 42.2 Å². The lowest BCUT2D eigenvalue weighted by Crippen LogP contribution is -2.57. The summed E-state index contributed by atoms with van der Waals surface area (Å²) in [6.45, 7) is 10.2. The van der Waals surface area contributed by atoms with E-state index < -0.39 is 68.0 Å². The highest BCUT2D eigenvalue weighted by atomic mass is 32.2. The standard InChI is InChI=1S/C41H50N6O7S/c1-5-25-21-41(25,38(51)44-55(53,54)28-16-17-28)43-36(49)34-19-26(42-39(52)47-32-12-8-6-10-29(32)30-11-7-9-13-33(30)47)23-46(34)37(50)31(40(2,3)4)20-35(48)45-22-24-14-15-27(45)18-24/h5-13,24-28,31,34H,1,14-23H2,2-4H3,(H,42,52)(H,43,49)(H,44,51)/t24?,25?,26-,27?,31-,34+,41?/m1/s1. The molecule has 55 heavy (non-hydrogen) atoms. The van der Waals surface area contributed by atoms with Gasteiger partial charge in [-0.05, 0) is 68.4 Å². The topological polar surface area (TPSA) is 167 Å². The highest BCUT2D eigenvalue weighted by Crippen LogP contribution is 2.46. The molecule has 2 aromatic carbocycles. The van der Waals surface area contributed by atoms with Crippen LogP contribution in [0.4, 0.5) is 4.79 Å². The van der Waals surface area contributed by atoms with Crippen molar-refractivity contribution in [2.24, 2.45) is 23.2 Å². The molecule has 3 saturated carbocycles. The van der Waals surface area contributed by atoms with Gasteiger partial charge in [0.25, 0.3) is 5.91 Å². The number of amides is 5. The molecule has 0 radical (unpaired) electrons. The van der Waals surface area contributed by atoms with Crippen LogP contribution in [0.25, 0.3) is 21.8 Å². The van der Waals surface area contributed by atoms with Gasteiger partial charge in [-0.1, -0.05) is 63.2 Å². The second-order valence-electron chi connectivity index (χ2n) is 17.4. The number of sulfonamides is 1. The molecule has 3 heterocycles. The van der Waals surface area contributed by atoms with Gasteiger partial charge in [-0.25, -0.2) is 13.2 Å². The molecule has 4 unspecified atom stereocenters. The van der Waals surface area contributed by atoms with E-state index in [0.29, 0.717) is 36.3 Å². The molecule has 2 bridgehead atoms. The van der Waals surface area contributed by atoms with Crippen molar-refractivity contribution in [2.45, 2.75) is 101 Å². The summed E-state index contributed by atoms with van der Waals surface area (Å²) in [4.78, 5) is 74.2. The first kappa shape index (κ1) is 37.2. The SMILES string of the molecule is C=CC1CC1(NC(=O)[C@@H]1C[C@@H](NC(=O)n2c3ccccc3c3ccccc32)CN1C(=O)[C@@H](CC(=O)N1CC2CCC1C2)C(C)(C)C)C(=O)NS(=O)(=O)C1CC1. The Labute approximate surface area is 321 Å². The summed E-state index contributed by atoms with van der Waals surface area (Å²) in [6.07, 6.45) is 5.69. The third-order valence-corrected chi connectivity index (χ3v) is 14.5. The summed E-state index contributed by atoms with van der Waals surface area (Å²) in [5, 5.41) is 7.10. The number of likely N-dealkylation sites (tertiary alicyclic amines) is 2.